The van der Waals surface area contributed by atoms with Crippen LogP contribution >= 0.6 is 11.3 Å². The smallest absolute Gasteiger partial charge is 0.229 e. The highest BCUT2D eigenvalue weighted by atomic mass is 32.1. The zero-order valence-corrected chi connectivity index (χ0v) is 9.91. The lowest BCUT2D eigenvalue weighted by Crippen LogP contribution is -2.28. The van der Waals surface area contributed by atoms with Gasteiger partial charge in [0.1, 0.15) is 0 Å². The summed E-state index contributed by atoms with van der Waals surface area (Å²) in [5.74, 6) is 0.702. The molecule has 6 heteroatoms. The molecule has 1 aliphatic rings. The van der Waals surface area contributed by atoms with Crippen LogP contribution in [0, 0.1) is 0 Å². The van der Waals surface area contributed by atoms with Crippen LogP contribution in [-0.4, -0.2) is 28.7 Å². The summed E-state index contributed by atoms with van der Waals surface area (Å²) >= 11 is 1.63. The van der Waals surface area contributed by atoms with E-state index >= 15 is 0 Å². The number of carbonyl (C=O) groups excluding carboxylic acids is 1. The van der Waals surface area contributed by atoms with E-state index in [1.54, 1.807) is 16.2 Å². The maximum atomic E-state index is 11.7. The van der Waals surface area contributed by atoms with Gasteiger partial charge in [-0.1, -0.05) is 6.07 Å². The second-order valence-corrected chi connectivity index (χ2v) is 5.03. The number of thiophene rings is 1. The number of amides is 1. The number of rotatable bonds is 2. The molecule has 0 bridgehead atoms. The lowest BCUT2D eigenvalue weighted by atomic mass is 10.3. The Bertz CT molecular complexity index is 533. The average Bonchev–Trinajstić information content (AvgIpc) is 2.97. The summed E-state index contributed by atoms with van der Waals surface area (Å²) in [5.41, 5.74) is 6.69. The van der Waals surface area contributed by atoms with Crippen LogP contribution in [0.25, 0.3) is 10.6 Å². The minimum Gasteiger partial charge on any atom is -0.326 e. The normalized spacial score (nSPS) is 20.2. The van der Waals surface area contributed by atoms with Crippen molar-refractivity contribution < 1.29 is 4.79 Å². The molecule has 3 N–H and O–H groups in total. The average molecular weight is 248 g/mol. The van der Waals surface area contributed by atoms with Crippen LogP contribution in [0.5, 0.6) is 0 Å². The van der Waals surface area contributed by atoms with Gasteiger partial charge < -0.3 is 5.73 Å². The Morgan fingerprint density at radius 2 is 2.47 bits per heavy atom. The molecule has 1 aliphatic heterocycles. The third-order valence-corrected chi connectivity index (χ3v) is 3.69. The molecular formula is C11H12N4OS. The monoisotopic (exact) mass is 248 g/mol. The lowest BCUT2D eigenvalue weighted by molar-refractivity contribution is -0.117. The Labute approximate surface area is 102 Å². The Kier molecular flexibility index (Phi) is 2.45. The van der Waals surface area contributed by atoms with Gasteiger partial charge in [0.05, 0.1) is 10.6 Å². The molecule has 17 heavy (non-hydrogen) atoms. The zero-order valence-electron chi connectivity index (χ0n) is 9.09. The Hall–Kier alpha value is -1.66. The van der Waals surface area contributed by atoms with Gasteiger partial charge in [-0.3, -0.25) is 14.8 Å². The number of nitrogens with one attached hydrogen (secondary N) is 1. The SMILES string of the molecule is NC1CC(=O)N(c2cc(-c3cccs3)[nH]n2)C1. The Balaban J connectivity index is 1.88. The molecule has 5 nitrogen and oxygen atoms in total. The van der Waals surface area contributed by atoms with E-state index in [0.29, 0.717) is 18.8 Å². The van der Waals surface area contributed by atoms with E-state index in [0.717, 1.165) is 10.6 Å². The number of carbonyl (C=O) groups is 1. The number of H-pyrrole nitrogens is 1. The van der Waals surface area contributed by atoms with Gasteiger partial charge in [-0.05, 0) is 11.4 Å². The van der Waals surface area contributed by atoms with Crippen molar-refractivity contribution in [3.8, 4) is 10.6 Å². The van der Waals surface area contributed by atoms with Crippen molar-refractivity contribution in [2.75, 3.05) is 11.4 Å². The summed E-state index contributed by atoms with van der Waals surface area (Å²) in [6.07, 6.45) is 0.404. The molecule has 1 amide bonds. The van der Waals surface area contributed by atoms with Crippen molar-refractivity contribution in [1.29, 1.82) is 0 Å². The molecular weight excluding hydrogens is 236 g/mol. The Morgan fingerprint density at radius 1 is 1.59 bits per heavy atom. The topological polar surface area (TPSA) is 75.0 Å². The second-order valence-electron chi connectivity index (χ2n) is 4.09. The van der Waals surface area contributed by atoms with E-state index in [4.69, 9.17) is 5.73 Å². The van der Waals surface area contributed by atoms with Crippen molar-refractivity contribution in [3.63, 3.8) is 0 Å². The van der Waals surface area contributed by atoms with Crippen LogP contribution in [0.15, 0.2) is 23.6 Å². The zero-order chi connectivity index (χ0) is 11.8. The fourth-order valence-electron chi connectivity index (χ4n) is 1.96. The van der Waals surface area contributed by atoms with Gasteiger partial charge in [-0.2, -0.15) is 5.10 Å². The minimum absolute atomic E-state index is 0.0433. The number of aromatic amines is 1. The van der Waals surface area contributed by atoms with Gasteiger partial charge in [0, 0.05) is 25.1 Å². The fraction of sp³-hybridized carbons (Fsp3) is 0.273. The first-order valence-electron chi connectivity index (χ1n) is 5.39. The van der Waals surface area contributed by atoms with E-state index in [1.807, 2.05) is 23.6 Å². The number of hydrogen-bond donors (Lipinski definition) is 2. The largest absolute Gasteiger partial charge is 0.326 e. The highest BCUT2D eigenvalue weighted by Gasteiger charge is 2.29. The van der Waals surface area contributed by atoms with Crippen molar-refractivity contribution in [3.05, 3.63) is 23.6 Å². The van der Waals surface area contributed by atoms with Crippen LogP contribution in [0.2, 0.25) is 0 Å². The highest BCUT2D eigenvalue weighted by Crippen LogP contribution is 2.27. The summed E-state index contributed by atoms with van der Waals surface area (Å²) in [6, 6.07) is 5.81. The van der Waals surface area contributed by atoms with Gasteiger partial charge in [-0.25, -0.2) is 0 Å². The van der Waals surface area contributed by atoms with E-state index in [2.05, 4.69) is 10.2 Å². The molecule has 0 radical (unpaired) electrons. The van der Waals surface area contributed by atoms with Crippen molar-refractivity contribution in [2.24, 2.45) is 5.73 Å². The lowest BCUT2D eigenvalue weighted by Gasteiger charge is -2.11. The predicted octanol–water partition coefficient (Wildman–Crippen LogP) is 1.20. The summed E-state index contributed by atoms with van der Waals surface area (Å²) in [6.45, 7) is 0.549. The van der Waals surface area contributed by atoms with E-state index < -0.39 is 0 Å². The molecule has 0 saturated carbocycles. The third-order valence-electron chi connectivity index (χ3n) is 2.78. The maximum Gasteiger partial charge on any atom is 0.229 e. The second kappa shape index (κ2) is 3.97. The molecule has 0 aromatic carbocycles. The van der Waals surface area contributed by atoms with Crippen molar-refractivity contribution in [1.82, 2.24) is 10.2 Å². The number of hydrogen-bond acceptors (Lipinski definition) is 4. The molecule has 1 unspecified atom stereocenters. The van der Waals surface area contributed by atoms with Gasteiger partial charge in [-0.15, -0.1) is 11.3 Å². The van der Waals surface area contributed by atoms with Crippen LogP contribution < -0.4 is 10.6 Å². The molecule has 2 aromatic heterocycles. The summed E-state index contributed by atoms with van der Waals surface area (Å²) < 4.78 is 0. The first kappa shape index (κ1) is 10.5. The minimum atomic E-state index is -0.0793. The highest BCUT2D eigenvalue weighted by molar-refractivity contribution is 7.13. The first-order valence-corrected chi connectivity index (χ1v) is 6.27. The van der Waals surface area contributed by atoms with Crippen LogP contribution in [0.4, 0.5) is 5.82 Å². The summed E-state index contributed by atoms with van der Waals surface area (Å²) in [5, 5.41) is 9.12. The molecule has 88 valence electrons. The van der Waals surface area contributed by atoms with E-state index in [-0.39, 0.29) is 11.9 Å². The van der Waals surface area contributed by atoms with Gasteiger partial charge in [0.25, 0.3) is 0 Å². The third kappa shape index (κ3) is 1.85. The molecule has 0 aliphatic carbocycles. The number of aromatic nitrogens is 2. The van der Waals surface area contributed by atoms with E-state index in [1.165, 1.54) is 0 Å². The predicted molar refractivity (Wildman–Crippen MR) is 66.8 cm³/mol. The Morgan fingerprint density at radius 3 is 3.12 bits per heavy atom. The summed E-state index contributed by atoms with van der Waals surface area (Å²) in [7, 11) is 0. The maximum absolute atomic E-state index is 11.7. The first-order chi connectivity index (χ1) is 8.24. The van der Waals surface area contributed by atoms with Crippen molar-refractivity contribution >= 4 is 23.1 Å². The van der Waals surface area contributed by atoms with Crippen LogP contribution in [0.1, 0.15) is 6.42 Å². The van der Waals surface area contributed by atoms with Gasteiger partial charge >= 0.3 is 0 Å². The molecule has 1 fully saturated rings. The molecule has 2 aromatic rings. The number of nitrogens with two attached hydrogens (primary N) is 1. The van der Waals surface area contributed by atoms with Crippen molar-refractivity contribution in [2.45, 2.75) is 12.5 Å². The van der Waals surface area contributed by atoms with Crippen LogP contribution in [0.3, 0.4) is 0 Å². The molecule has 3 rings (SSSR count). The molecule has 1 atom stereocenters. The van der Waals surface area contributed by atoms with Crippen LogP contribution in [-0.2, 0) is 4.79 Å². The number of nitrogens with zero attached hydrogens (tertiary/aromatic N) is 2. The fourth-order valence-corrected chi connectivity index (χ4v) is 2.66. The quantitative estimate of drug-likeness (QED) is 0.838. The standard InChI is InChI=1S/C11H12N4OS/c12-7-4-11(16)15(6-7)10-5-8(13-14-10)9-2-1-3-17-9/h1-3,5,7H,4,6,12H2,(H,13,14). The van der Waals surface area contributed by atoms with Gasteiger partial charge in [0.2, 0.25) is 5.91 Å². The molecule has 0 spiro atoms. The molecule has 1 saturated heterocycles. The van der Waals surface area contributed by atoms with Gasteiger partial charge in [0.15, 0.2) is 5.82 Å². The van der Waals surface area contributed by atoms with E-state index in [9.17, 15) is 4.79 Å². The number of anilines is 1. The summed E-state index contributed by atoms with van der Waals surface area (Å²) in [4.78, 5) is 14.4. The molecule has 3 heterocycles.